The Morgan fingerprint density at radius 3 is 2.81 bits per heavy atom. The molecule has 2 aromatic rings. The number of aromatic nitrogens is 2. The van der Waals surface area contributed by atoms with E-state index in [4.69, 9.17) is 17.3 Å². The molecule has 0 radical (unpaired) electrons. The lowest BCUT2D eigenvalue weighted by Crippen LogP contribution is -2.11. The number of nitrogens with two attached hydrogens (primary N) is 1. The molecule has 0 aliphatic rings. The van der Waals surface area contributed by atoms with Crippen LogP contribution in [0, 0.1) is 6.92 Å². The van der Waals surface area contributed by atoms with Gasteiger partial charge in [0.25, 0.3) is 0 Å². The second-order valence-electron chi connectivity index (χ2n) is 3.66. The van der Waals surface area contributed by atoms with Crippen molar-refractivity contribution in [3.8, 4) is 11.4 Å². The minimum Gasteiger partial charge on any atom is -0.329 e. The van der Waals surface area contributed by atoms with Crippen molar-refractivity contribution in [3.05, 3.63) is 41.2 Å². The van der Waals surface area contributed by atoms with E-state index in [2.05, 4.69) is 18.0 Å². The lowest BCUT2D eigenvalue weighted by atomic mass is 10.1. The summed E-state index contributed by atoms with van der Waals surface area (Å²) in [4.78, 5) is 4.34. The minimum atomic E-state index is 0.551. The summed E-state index contributed by atoms with van der Waals surface area (Å²) in [5.41, 5.74) is 7.85. The largest absolute Gasteiger partial charge is 0.329 e. The molecule has 0 spiro atoms. The van der Waals surface area contributed by atoms with E-state index in [1.807, 2.05) is 22.8 Å². The van der Waals surface area contributed by atoms with E-state index in [-0.39, 0.29) is 0 Å². The molecule has 3 nitrogen and oxygen atoms in total. The number of imidazole rings is 1. The fraction of sp³-hybridized carbons (Fsp3) is 0.250. The molecule has 0 unspecified atom stereocenters. The summed E-state index contributed by atoms with van der Waals surface area (Å²) < 4.78 is 1.93. The van der Waals surface area contributed by atoms with Crippen molar-refractivity contribution in [1.29, 1.82) is 0 Å². The van der Waals surface area contributed by atoms with Gasteiger partial charge in [-0.2, -0.15) is 0 Å². The molecule has 0 amide bonds. The van der Waals surface area contributed by atoms with Crippen molar-refractivity contribution in [2.24, 2.45) is 5.73 Å². The Morgan fingerprint density at radius 2 is 2.12 bits per heavy atom. The summed E-state index contributed by atoms with van der Waals surface area (Å²) in [6.45, 7) is 3.29. The molecule has 2 rings (SSSR count). The van der Waals surface area contributed by atoms with Gasteiger partial charge in [0.1, 0.15) is 11.0 Å². The highest BCUT2D eigenvalue weighted by Gasteiger charge is 2.11. The third-order valence-electron chi connectivity index (χ3n) is 2.55. The van der Waals surface area contributed by atoms with Gasteiger partial charge in [0, 0.05) is 18.7 Å². The fourth-order valence-electron chi connectivity index (χ4n) is 1.74. The average molecular weight is 236 g/mol. The summed E-state index contributed by atoms with van der Waals surface area (Å²) in [6.07, 6.45) is 1.67. The SMILES string of the molecule is Cc1ccccc1-c1ncc(Cl)n1CCN. The highest BCUT2D eigenvalue weighted by atomic mass is 35.5. The molecule has 0 saturated heterocycles. The fourth-order valence-corrected chi connectivity index (χ4v) is 1.95. The van der Waals surface area contributed by atoms with Crippen molar-refractivity contribution >= 4 is 11.6 Å². The number of hydrogen-bond acceptors (Lipinski definition) is 2. The Morgan fingerprint density at radius 1 is 1.38 bits per heavy atom. The first kappa shape index (κ1) is 11.2. The smallest absolute Gasteiger partial charge is 0.141 e. The summed E-state index contributed by atoms with van der Waals surface area (Å²) >= 11 is 6.07. The van der Waals surface area contributed by atoms with Crippen molar-refractivity contribution in [1.82, 2.24) is 9.55 Å². The van der Waals surface area contributed by atoms with Crippen molar-refractivity contribution in [2.45, 2.75) is 13.5 Å². The maximum absolute atomic E-state index is 6.07. The first-order valence-corrected chi connectivity index (χ1v) is 5.59. The standard InChI is InChI=1S/C12H14ClN3/c1-9-4-2-3-5-10(9)12-15-8-11(13)16(12)7-6-14/h2-5,8H,6-7,14H2,1H3. The van der Waals surface area contributed by atoms with E-state index >= 15 is 0 Å². The Labute approximate surface area is 99.9 Å². The van der Waals surface area contributed by atoms with E-state index < -0.39 is 0 Å². The maximum atomic E-state index is 6.07. The zero-order chi connectivity index (χ0) is 11.5. The molecule has 1 heterocycles. The number of aryl methyl sites for hydroxylation is 1. The van der Waals surface area contributed by atoms with Crippen LogP contribution in [-0.2, 0) is 6.54 Å². The lowest BCUT2D eigenvalue weighted by molar-refractivity contribution is 0.715. The van der Waals surface area contributed by atoms with E-state index in [1.54, 1.807) is 6.20 Å². The molecule has 1 aromatic heterocycles. The third kappa shape index (κ3) is 1.96. The van der Waals surface area contributed by atoms with E-state index in [0.29, 0.717) is 18.2 Å². The molecular formula is C12H14ClN3. The lowest BCUT2D eigenvalue weighted by Gasteiger charge is -2.09. The molecule has 2 N–H and O–H groups in total. The maximum Gasteiger partial charge on any atom is 0.141 e. The quantitative estimate of drug-likeness (QED) is 0.888. The average Bonchev–Trinajstić information content (AvgIpc) is 2.62. The molecular weight excluding hydrogens is 222 g/mol. The van der Waals surface area contributed by atoms with Gasteiger partial charge in [-0.05, 0) is 12.5 Å². The van der Waals surface area contributed by atoms with Gasteiger partial charge in [0.05, 0.1) is 6.20 Å². The molecule has 0 atom stereocenters. The highest BCUT2D eigenvalue weighted by Crippen LogP contribution is 2.24. The Balaban J connectivity index is 2.52. The van der Waals surface area contributed by atoms with Gasteiger partial charge in [-0.1, -0.05) is 35.9 Å². The summed E-state index contributed by atoms with van der Waals surface area (Å²) in [6, 6.07) is 8.11. The molecule has 0 fully saturated rings. The second-order valence-corrected chi connectivity index (χ2v) is 4.05. The van der Waals surface area contributed by atoms with Crippen LogP contribution < -0.4 is 5.73 Å². The van der Waals surface area contributed by atoms with E-state index in [9.17, 15) is 0 Å². The topological polar surface area (TPSA) is 43.8 Å². The number of benzene rings is 1. The van der Waals surface area contributed by atoms with Gasteiger partial charge in [-0.15, -0.1) is 0 Å². The van der Waals surface area contributed by atoms with Crippen LogP contribution in [0.4, 0.5) is 0 Å². The van der Waals surface area contributed by atoms with Crippen LogP contribution in [0.2, 0.25) is 5.15 Å². The first-order chi connectivity index (χ1) is 7.74. The van der Waals surface area contributed by atoms with E-state index in [1.165, 1.54) is 5.56 Å². The molecule has 84 valence electrons. The van der Waals surface area contributed by atoms with Crippen LogP contribution in [-0.4, -0.2) is 16.1 Å². The number of hydrogen-bond donors (Lipinski definition) is 1. The van der Waals surface area contributed by atoms with Gasteiger partial charge in [0.15, 0.2) is 0 Å². The summed E-state index contributed by atoms with van der Waals surface area (Å²) in [5, 5.41) is 0.628. The summed E-state index contributed by atoms with van der Waals surface area (Å²) in [5.74, 6) is 0.883. The van der Waals surface area contributed by atoms with Crippen LogP contribution in [0.25, 0.3) is 11.4 Å². The van der Waals surface area contributed by atoms with Gasteiger partial charge in [-0.3, -0.25) is 0 Å². The van der Waals surface area contributed by atoms with Gasteiger partial charge >= 0.3 is 0 Å². The van der Waals surface area contributed by atoms with Crippen LogP contribution >= 0.6 is 11.6 Å². The molecule has 1 aromatic carbocycles. The molecule has 0 aliphatic heterocycles. The van der Waals surface area contributed by atoms with Crippen LogP contribution in [0.1, 0.15) is 5.56 Å². The monoisotopic (exact) mass is 235 g/mol. The zero-order valence-electron chi connectivity index (χ0n) is 9.15. The number of nitrogens with zero attached hydrogens (tertiary/aromatic N) is 2. The predicted molar refractivity (Wildman–Crippen MR) is 66.5 cm³/mol. The van der Waals surface area contributed by atoms with Gasteiger partial charge in [0.2, 0.25) is 0 Å². The normalized spacial score (nSPS) is 10.7. The molecule has 0 saturated carbocycles. The Hall–Kier alpha value is -1.32. The zero-order valence-corrected chi connectivity index (χ0v) is 9.91. The van der Waals surface area contributed by atoms with E-state index in [0.717, 1.165) is 11.4 Å². The summed E-state index contributed by atoms with van der Waals surface area (Å²) in [7, 11) is 0. The van der Waals surface area contributed by atoms with Crippen LogP contribution in [0.3, 0.4) is 0 Å². The molecule has 16 heavy (non-hydrogen) atoms. The highest BCUT2D eigenvalue weighted by molar-refractivity contribution is 6.29. The Kier molecular flexibility index (Phi) is 3.27. The molecule has 4 heteroatoms. The van der Waals surface area contributed by atoms with Gasteiger partial charge < -0.3 is 10.3 Å². The number of rotatable bonds is 3. The van der Waals surface area contributed by atoms with Crippen molar-refractivity contribution in [2.75, 3.05) is 6.54 Å². The van der Waals surface area contributed by atoms with Crippen molar-refractivity contribution < 1.29 is 0 Å². The minimum absolute atomic E-state index is 0.551. The molecule has 0 bridgehead atoms. The third-order valence-corrected chi connectivity index (χ3v) is 2.85. The van der Waals surface area contributed by atoms with Crippen LogP contribution in [0.15, 0.2) is 30.5 Å². The second kappa shape index (κ2) is 4.68. The first-order valence-electron chi connectivity index (χ1n) is 5.21. The Bertz CT molecular complexity index is 491. The number of halogens is 1. The van der Waals surface area contributed by atoms with Crippen LogP contribution in [0.5, 0.6) is 0 Å². The van der Waals surface area contributed by atoms with Crippen molar-refractivity contribution in [3.63, 3.8) is 0 Å². The van der Waals surface area contributed by atoms with Gasteiger partial charge in [-0.25, -0.2) is 4.98 Å². The molecule has 0 aliphatic carbocycles. The predicted octanol–water partition coefficient (Wildman–Crippen LogP) is 2.47.